The monoisotopic (exact) mass is 574 g/mol. The number of benzene rings is 3. The van der Waals surface area contributed by atoms with Gasteiger partial charge in [-0.2, -0.15) is 0 Å². The van der Waals surface area contributed by atoms with Gasteiger partial charge in [-0.1, -0.05) is 17.4 Å². The van der Waals surface area contributed by atoms with Crippen LogP contribution in [0.3, 0.4) is 0 Å². The van der Waals surface area contributed by atoms with E-state index in [1.807, 2.05) is 0 Å². The highest BCUT2D eigenvalue weighted by molar-refractivity contribution is 7.93. The van der Waals surface area contributed by atoms with Gasteiger partial charge in [-0.15, -0.1) is 0 Å². The molecule has 0 saturated heterocycles. The Kier molecular flexibility index (Phi) is 7.43. The molecule has 15 heteroatoms. The molecule has 12 nitrogen and oxygen atoms in total. The molecule has 0 aliphatic rings. The van der Waals surface area contributed by atoms with Crippen LogP contribution in [0.4, 0.5) is 16.5 Å². The molecule has 0 radical (unpaired) electrons. The summed E-state index contributed by atoms with van der Waals surface area (Å²) in [6.07, 6.45) is 1.07. The number of nitro benzene ring substituents is 1. The maximum Gasteiger partial charge on any atom is 0.269 e. The van der Waals surface area contributed by atoms with Gasteiger partial charge in [0.15, 0.2) is 5.13 Å². The summed E-state index contributed by atoms with van der Waals surface area (Å²) in [6, 6.07) is 15.9. The zero-order valence-corrected chi connectivity index (χ0v) is 21.8. The summed E-state index contributed by atoms with van der Waals surface area (Å²) in [5, 5.41) is 13.3. The second-order valence-corrected chi connectivity index (χ2v) is 12.4. The van der Waals surface area contributed by atoms with Gasteiger partial charge in [0.2, 0.25) is 9.84 Å². The number of nitro groups is 1. The molecular formula is C23H18N4O8S3. The van der Waals surface area contributed by atoms with Crippen LogP contribution in [0.1, 0.15) is 10.4 Å². The minimum atomic E-state index is -4.02. The third-order valence-electron chi connectivity index (χ3n) is 5.07. The molecule has 1 aromatic heterocycles. The van der Waals surface area contributed by atoms with Crippen molar-refractivity contribution >= 4 is 53.6 Å². The average Bonchev–Trinajstić information content (AvgIpc) is 3.38. The van der Waals surface area contributed by atoms with E-state index in [1.165, 1.54) is 55.6 Å². The Morgan fingerprint density at radius 2 is 1.63 bits per heavy atom. The molecule has 4 rings (SSSR count). The molecule has 38 heavy (non-hydrogen) atoms. The number of methoxy groups -OCH3 is 1. The van der Waals surface area contributed by atoms with Gasteiger partial charge in [-0.3, -0.25) is 24.9 Å². The van der Waals surface area contributed by atoms with E-state index >= 15 is 0 Å². The predicted molar refractivity (Wildman–Crippen MR) is 139 cm³/mol. The van der Waals surface area contributed by atoms with Crippen molar-refractivity contribution in [3.8, 4) is 5.75 Å². The Hall–Kier alpha value is -4.34. The van der Waals surface area contributed by atoms with Crippen molar-refractivity contribution in [2.45, 2.75) is 14.0 Å². The summed E-state index contributed by atoms with van der Waals surface area (Å²) in [5.74, 6) is -0.155. The van der Waals surface area contributed by atoms with E-state index in [4.69, 9.17) is 4.74 Å². The maximum absolute atomic E-state index is 12.8. The Morgan fingerprint density at radius 3 is 2.26 bits per heavy atom. The second-order valence-electron chi connectivity index (χ2n) is 7.55. The van der Waals surface area contributed by atoms with Crippen molar-refractivity contribution in [3.63, 3.8) is 0 Å². The van der Waals surface area contributed by atoms with E-state index in [1.54, 1.807) is 0 Å². The molecule has 0 aliphatic carbocycles. The molecule has 4 aromatic rings. The molecule has 0 aliphatic heterocycles. The molecule has 2 N–H and O–H groups in total. The van der Waals surface area contributed by atoms with Crippen molar-refractivity contribution in [1.82, 2.24) is 4.98 Å². The zero-order valence-electron chi connectivity index (χ0n) is 19.4. The topological polar surface area (TPSA) is 175 Å². The number of aromatic nitrogens is 1. The summed E-state index contributed by atoms with van der Waals surface area (Å²) >= 11 is 0.696. The zero-order chi connectivity index (χ0) is 27.5. The minimum Gasteiger partial charge on any atom is -0.497 e. The number of rotatable bonds is 9. The fraction of sp³-hybridized carbons (Fsp3) is 0.0435. The number of carbonyl (C=O) groups excluding carboxylic acids is 1. The molecule has 0 fully saturated rings. The molecule has 0 bridgehead atoms. The molecule has 1 heterocycles. The van der Waals surface area contributed by atoms with Crippen LogP contribution < -0.4 is 14.8 Å². The third kappa shape index (κ3) is 5.80. The molecule has 0 saturated carbocycles. The average molecular weight is 575 g/mol. The lowest BCUT2D eigenvalue weighted by molar-refractivity contribution is -0.384. The molecule has 3 aromatic carbocycles. The lowest BCUT2D eigenvalue weighted by atomic mass is 10.2. The van der Waals surface area contributed by atoms with Gasteiger partial charge in [-0.05, 0) is 54.6 Å². The standard InChI is InChI=1S/C23H18N4O8S3/c1-35-18-7-11-20(12-8-18)38(33,34)26-16-4-2-3-15(13-16)22(28)25-23-24-14-21(36-23)37(31,32)19-9-5-17(6-10-19)27(29)30/h2-14,26H,1H3,(H,24,25,28). The highest BCUT2D eigenvalue weighted by Gasteiger charge is 2.23. The molecule has 1 amide bonds. The maximum atomic E-state index is 12.8. The van der Waals surface area contributed by atoms with Crippen molar-refractivity contribution in [1.29, 1.82) is 0 Å². The molecule has 0 atom stereocenters. The van der Waals surface area contributed by atoms with Crippen LogP contribution in [-0.2, 0) is 19.9 Å². The number of non-ortho nitro benzene ring substituents is 1. The number of anilines is 2. The first-order valence-electron chi connectivity index (χ1n) is 10.5. The Bertz CT molecular complexity index is 1720. The number of hydrogen-bond acceptors (Lipinski definition) is 10. The number of sulfone groups is 1. The second kappa shape index (κ2) is 10.6. The van der Waals surface area contributed by atoms with Crippen LogP contribution in [0.5, 0.6) is 5.75 Å². The highest BCUT2D eigenvalue weighted by Crippen LogP contribution is 2.30. The van der Waals surface area contributed by atoms with Gasteiger partial charge >= 0.3 is 0 Å². The third-order valence-corrected chi connectivity index (χ3v) is 9.62. The fourth-order valence-corrected chi connectivity index (χ4v) is 6.64. The smallest absolute Gasteiger partial charge is 0.269 e. The normalized spacial score (nSPS) is 11.5. The van der Waals surface area contributed by atoms with Crippen molar-refractivity contribution in [2.75, 3.05) is 17.1 Å². The van der Waals surface area contributed by atoms with Crippen molar-refractivity contribution in [2.24, 2.45) is 0 Å². The van der Waals surface area contributed by atoms with E-state index < -0.39 is 30.7 Å². The van der Waals surface area contributed by atoms with Crippen LogP contribution in [0.2, 0.25) is 0 Å². The quantitative estimate of drug-likeness (QED) is 0.221. The van der Waals surface area contributed by atoms with Crippen LogP contribution in [-0.4, -0.2) is 39.8 Å². The predicted octanol–water partition coefficient (Wildman–Crippen LogP) is 3.95. The van der Waals surface area contributed by atoms with Gasteiger partial charge in [0.25, 0.3) is 21.6 Å². The number of nitrogens with one attached hydrogen (secondary N) is 2. The Balaban J connectivity index is 1.48. The lowest BCUT2D eigenvalue weighted by Gasteiger charge is -2.10. The number of amides is 1. The van der Waals surface area contributed by atoms with Gasteiger partial charge in [-0.25, -0.2) is 21.8 Å². The van der Waals surface area contributed by atoms with Gasteiger partial charge in [0, 0.05) is 23.4 Å². The molecule has 0 spiro atoms. The summed E-state index contributed by atoms with van der Waals surface area (Å²) in [7, 11) is -6.50. The first-order chi connectivity index (χ1) is 18.0. The van der Waals surface area contributed by atoms with Crippen LogP contribution >= 0.6 is 11.3 Å². The Labute approximate surface area is 221 Å². The van der Waals surface area contributed by atoms with E-state index in [-0.39, 0.29) is 36.1 Å². The van der Waals surface area contributed by atoms with Crippen LogP contribution in [0.25, 0.3) is 0 Å². The summed E-state index contributed by atoms with van der Waals surface area (Å²) < 4.78 is 58.3. The summed E-state index contributed by atoms with van der Waals surface area (Å²) in [5.41, 5.74) is -0.0290. The van der Waals surface area contributed by atoms with E-state index in [0.29, 0.717) is 17.1 Å². The highest BCUT2D eigenvalue weighted by atomic mass is 32.2. The largest absolute Gasteiger partial charge is 0.497 e. The Morgan fingerprint density at radius 1 is 0.974 bits per heavy atom. The van der Waals surface area contributed by atoms with E-state index in [0.717, 1.165) is 30.5 Å². The number of sulfonamides is 1. The van der Waals surface area contributed by atoms with Crippen LogP contribution in [0, 0.1) is 10.1 Å². The molecule has 0 unspecified atom stereocenters. The SMILES string of the molecule is COc1ccc(S(=O)(=O)Nc2cccc(C(=O)Nc3ncc(S(=O)(=O)c4ccc([N+](=O)[O-])cc4)s3)c2)cc1. The number of carbonyl (C=O) groups is 1. The number of hydrogen-bond donors (Lipinski definition) is 2. The first-order valence-corrected chi connectivity index (χ1v) is 14.3. The fourth-order valence-electron chi connectivity index (χ4n) is 3.17. The minimum absolute atomic E-state index is 0.00213. The van der Waals surface area contributed by atoms with Crippen molar-refractivity contribution in [3.05, 3.63) is 94.7 Å². The van der Waals surface area contributed by atoms with Crippen molar-refractivity contribution < 1.29 is 31.3 Å². The van der Waals surface area contributed by atoms with Gasteiger partial charge in [0.1, 0.15) is 9.96 Å². The molecular weight excluding hydrogens is 556 g/mol. The van der Waals surface area contributed by atoms with E-state index in [9.17, 15) is 31.7 Å². The lowest BCUT2D eigenvalue weighted by Crippen LogP contribution is -2.15. The number of ether oxygens (including phenoxy) is 1. The first kappa shape index (κ1) is 26.7. The van der Waals surface area contributed by atoms with Crippen LogP contribution in [0.15, 0.2) is 93.0 Å². The number of nitrogens with zero attached hydrogens (tertiary/aromatic N) is 2. The van der Waals surface area contributed by atoms with E-state index in [2.05, 4.69) is 15.0 Å². The molecule has 196 valence electrons. The number of thiazole rings is 1. The van der Waals surface area contributed by atoms with Gasteiger partial charge < -0.3 is 4.74 Å². The summed E-state index contributed by atoms with van der Waals surface area (Å²) in [4.78, 5) is 26.7. The summed E-state index contributed by atoms with van der Waals surface area (Å²) in [6.45, 7) is 0. The van der Waals surface area contributed by atoms with Gasteiger partial charge in [0.05, 0.1) is 28.0 Å².